The lowest BCUT2D eigenvalue weighted by Gasteiger charge is -2.10. The van der Waals surface area contributed by atoms with Gasteiger partial charge in [-0.15, -0.1) is 0 Å². The molecule has 0 spiro atoms. The maximum atomic E-state index is 14.2. The molecule has 9 heteroatoms. The van der Waals surface area contributed by atoms with Crippen LogP contribution in [-0.4, -0.2) is 19.9 Å². The first-order valence-electron chi connectivity index (χ1n) is 8.04. The number of hydrogen-bond acceptors (Lipinski definition) is 3. The molecule has 4 aromatic rings. The predicted octanol–water partition coefficient (Wildman–Crippen LogP) is 3.95. The first-order chi connectivity index (χ1) is 13.3. The molecule has 0 saturated carbocycles. The molecule has 0 amide bonds. The van der Waals surface area contributed by atoms with Gasteiger partial charge in [0, 0.05) is 6.07 Å². The van der Waals surface area contributed by atoms with Crippen molar-refractivity contribution in [1.29, 1.82) is 0 Å². The summed E-state index contributed by atoms with van der Waals surface area (Å²) in [6.07, 6.45) is 0. The average molecular weight is 389 g/mol. The van der Waals surface area contributed by atoms with E-state index in [1.54, 1.807) is 0 Å². The molecule has 0 fully saturated rings. The Kier molecular flexibility index (Phi) is 3.95. The van der Waals surface area contributed by atoms with Gasteiger partial charge in [0.2, 0.25) is 5.43 Å². The van der Waals surface area contributed by atoms with E-state index in [2.05, 4.69) is 10.1 Å². The first-order valence-corrected chi connectivity index (χ1v) is 8.04. The van der Waals surface area contributed by atoms with Gasteiger partial charge in [-0.05, 0) is 31.2 Å². The molecule has 0 aliphatic rings. The average Bonchev–Trinajstić information content (AvgIpc) is 2.98. The van der Waals surface area contributed by atoms with E-state index in [1.165, 1.54) is 13.0 Å². The van der Waals surface area contributed by atoms with Crippen LogP contribution in [0, 0.1) is 30.2 Å². The maximum absolute atomic E-state index is 14.2. The van der Waals surface area contributed by atoms with Crippen LogP contribution in [-0.2, 0) is 0 Å². The van der Waals surface area contributed by atoms with Crippen molar-refractivity contribution in [2.75, 3.05) is 0 Å². The second-order valence-electron chi connectivity index (χ2n) is 6.09. The van der Waals surface area contributed by atoms with E-state index >= 15 is 0 Å². The third-order valence-corrected chi connectivity index (χ3v) is 4.34. The number of hydrogen-bond donors (Lipinski definition) is 2. The second-order valence-corrected chi connectivity index (χ2v) is 6.09. The lowest BCUT2D eigenvalue weighted by molar-refractivity contribution is 0.469. The quantitative estimate of drug-likeness (QED) is 0.510. The van der Waals surface area contributed by atoms with Gasteiger partial charge in [-0.3, -0.25) is 4.79 Å². The molecule has 28 heavy (non-hydrogen) atoms. The van der Waals surface area contributed by atoms with Crippen molar-refractivity contribution in [2.24, 2.45) is 0 Å². The fourth-order valence-electron chi connectivity index (χ4n) is 3.05. The summed E-state index contributed by atoms with van der Waals surface area (Å²) in [5.41, 5.74) is -1.82. The molecular weight excluding hydrogens is 378 g/mol. The van der Waals surface area contributed by atoms with Crippen LogP contribution in [0.25, 0.3) is 28.0 Å². The number of pyridine rings is 1. The maximum Gasteiger partial charge on any atom is 0.235 e. The lowest BCUT2D eigenvalue weighted by atomic mass is 10.1. The highest BCUT2D eigenvalue weighted by atomic mass is 19.2. The van der Waals surface area contributed by atoms with Crippen molar-refractivity contribution in [3.05, 3.63) is 75.6 Å². The molecule has 0 aliphatic carbocycles. The molecule has 0 bridgehead atoms. The number of fused-ring (bicyclic) bond motifs is 1. The molecule has 142 valence electrons. The number of rotatable bonds is 2. The van der Waals surface area contributed by atoms with Gasteiger partial charge in [0.05, 0.1) is 28.0 Å². The summed E-state index contributed by atoms with van der Waals surface area (Å²) in [6, 6.07) is 6.03. The highest BCUT2D eigenvalue weighted by molar-refractivity contribution is 5.85. The fourth-order valence-corrected chi connectivity index (χ4v) is 3.05. The van der Waals surface area contributed by atoms with Crippen LogP contribution in [0.1, 0.15) is 5.69 Å². The van der Waals surface area contributed by atoms with Crippen molar-refractivity contribution >= 4 is 11.0 Å². The lowest BCUT2D eigenvalue weighted by Crippen LogP contribution is -2.08. The molecule has 0 saturated heterocycles. The molecule has 2 aromatic carbocycles. The van der Waals surface area contributed by atoms with E-state index in [-0.39, 0.29) is 22.4 Å². The summed E-state index contributed by atoms with van der Waals surface area (Å²) >= 11 is 0. The molecule has 0 atom stereocenters. The van der Waals surface area contributed by atoms with Crippen molar-refractivity contribution in [3.63, 3.8) is 0 Å². The monoisotopic (exact) mass is 389 g/mol. The Labute approximate surface area is 154 Å². The van der Waals surface area contributed by atoms with Crippen molar-refractivity contribution in [3.8, 4) is 22.7 Å². The number of nitrogens with zero attached hydrogens (tertiary/aromatic N) is 2. The zero-order chi connectivity index (χ0) is 20.2. The van der Waals surface area contributed by atoms with Gasteiger partial charge in [0.15, 0.2) is 17.4 Å². The van der Waals surface area contributed by atoms with Crippen molar-refractivity contribution in [2.45, 2.75) is 6.92 Å². The number of nitrogens with one attached hydrogen (secondary N) is 1. The van der Waals surface area contributed by atoms with Crippen LogP contribution in [0.3, 0.4) is 0 Å². The first kappa shape index (κ1) is 17.8. The van der Waals surface area contributed by atoms with Gasteiger partial charge >= 0.3 is 0 Å². The van der Waals surface area contributed by atoms with E-state index < -0.39 is 45.7 Å². The topological polar surface area (TPSA) is 70.9 Å². The minimum Gasteiger partial charge on any atom is -0.503 e. The Morgan fingerprint density at radius 3 is 2.32 bits per heavy atom. The van der Waals surface area contributed by atoms with Gasteiger partial charge in [0.25, 0.3) is 0 Å². The SMILES string of the molecule is Cc1nn(-c2ccc(F)c(F)c2)c2[nH]c(-c3c(F)cccc3F)c(O)c(=O)c12. The fraction of sp³-hybridized carbons (Fsp3) is 0.0526. The van der Waals surface area contributed by atoms with Crippen molar-refractivity contribution in [1.82, 2.24) is 14.8 Å². The number of benzene rings is 2. The Hall–Kier alpha value is -3.62. The normalized spacial score (nSPS) is 11.3. The second kappa shape index (κ2) is 6.22. The summed E-state index contributed by atoms with van der Waals surface area (Å²) in [5, 5.41) is 14.3. The van der Waals surface area contributed by atoms with Gasteiger partial charge in [0.1, 0.15) is 17.3 Å². The highest BCUT2D eigenvalue weighted by Gasteiger charge is 2.23. The summed E-state index contributed by atoms with van der Waals surface area (Å²) in [4.78, 5) is 15.2. The Balaban J connectivity index is 2.09. The van der Waals surface area contributed by atoms with Gasteiger partial charge < -0.3 is 10.1 Å². The van der Waals surface area contributed by atoms with Gasteiger partial charge in [-0.2, -0.15) is 5.10 Å². The van der Waals surface area contributed by atoms with Crippen molar-refractivity contribution < 1.29 is 22.7 Å². The Morgan fingerprint density at radius 2 is 1.68 bits per heavy atom. The molecule has 2 aromatic heterocycles. The third kappa shape index (κ3) is 2.55. The Morgan fingerprint density at radius 1 is 1.00 bits per heavy atom. The van der Waals surface area contributed by atoms with Gasteiger partial charge in [-0.25, -0.2) is 22.2 Å². The van der Waals surface area contributed by atoms with E-state index in [0.717, 1.165) is 35.0 Å². The zero-order valence-corrected chi connectivity index (χ0v) is 14.2. The predicted molar refractivity (Wildman–Crippen MR) is 93.4 cm³/mol. The minimum atomic E-state index is -1.14. The number of halogens is 4. The van der Waals surface area contributed by atoms with E-state index in [0.29, 0.717) is 0 Å². The van der Waals surface area contributed by atoms with Gasteiger partial charge in [-0.1, -0.05) is 6.07 Å². The molecule has 0 aliphatic heterocycles. The highest BCUT2D eigenvalue weighted by Crippen LogP contribution is 2.32. The van der Waals surface area contributed by atoms with Crippen LogP contribution < -0.4 is 5.43 Å². The molecule has 0 unspecified atom stereocenters. The zero-order valence-electron chi connectivity index (χ0n) is 14.2. The molecular formula is C19H11F4N3O2. The standard InChI is InChI=1S/C19H11F4N3O2/c1-8-14-17(27)18(28)16(15-11(21)3-2-4-12(15)22)24-19(14)26(25-8)9-5-6-10(20)13(23)7-9/h2-7,28H,1H3,(H,24,27). The van der Waals surface area contributed by atoms with Crippen LogP contribution in [0.4, 0.5) is 17.6 Å². The Bertz CT molecular complexity index is 1290. The van der Waals surface area contributed by atoms with Crippen LogP contribution >= 0.6 is 0 Å². The van der Waals surface area contributed by atoms with E-state index in [1.807, 2.05) is 0 Å². The number of aromatic nitrogens is 3. The molecule has 5 nitrogen and oxygen atoms in total. The van der Waals surface area contributed by atoms with Crippen LogP contribution in [0.2, 0.25) is 0 Å². The third-order valence-electron chi connectivity index (χ3n) is 4.34. The summed E-state index contributed by atoms with van der Waals surface area (Å²) in [7, 11) is 0. The number of H-pyrrole nitrogens is 1. The summed E-state index contributed by atoms with van der Waals surface area (Å²) < 4.78 is 56.4. The largest absolute Gasteiger partial charge is 0.503 e. The number of aryl methyl sites for hydroxylation is 1. The molecule has 4 rings (SSSR count). The van der Waals surface area contributed by atoms with Crippen LogP contribution in [0.15, 0.2) is 41.2 Å². The van der Waals surface area contributed by atoms with Crippen LogP contribution in [0.5, 0.6) is 5.75 Å². The molecule has 2 heterocycles. The molecule has 2 N–H and O–H groups in total. The summed E-state index contributed by atoms with van der Waals surface area (Å²) in [6.45, 7) is 1.47. The van der Waals surface area contributed by atoms with E-state index in [9.17, 15) is 27.5 Å². The molecule has 0 radical (unpaired) electrons. The minimum absolute atomic E-state index is 0.0380. The summed E-state index contributed by atoms with van der Waals surface area (Å²) in [5.74, 6) is -5.09. The number of aromatic amines is 1. The smallest absolute Gasteiger partial charge is 0.235 e. The van der Waals surface area contributed by atoms with E-state index in [4.69, 9.17) is 0 Å². The number of aromatic hydroxyl groups is 1.